The lowest BCUT2D eigenvalue weighted by Gasteiger charge is -2.37. The molecule has 1 saturated heterocycles. The Hall–Kier alpha value is -1.35. The third kappa shape index (κ3) is 2.91. The molecule has 0 saturated carbocycles. The van der Waals surface area contributed by atoms with Crippen LogP contribution in [-0.4, -0.2) is 31.1 Å². The Morgan fingerprint density at radius 3 is 2.44 bits per heavy atom. The molecule has 0 radical (unpaired) electrons. The normalized spacial score (nSPS) is 19.4. The van der Waals surface area contributed by atoms with Crippen LogP contribution in [0.1, 0.15) is 25.3 Å². The minimum atomic E-state index is -0.290. The van der Waals surface area contributed by atoms with Crippen LogP contribution in [-0.2, 0) is 16.1 Å². The molecule has 3 nitrogen and oxygen atoms in total. The number of carbonyl (C=O) groups is 1. The van der Waals surface area contributed by atoms with Gasteiger partial charge in [0.15, 0.2) is 0 Å². The monoisotopic (exact) mass is 247 g/mol. The van der Waals surface area contributed by atoms with Gasteiger partial charge in [-0.25, -0.2) is 0 Å². The molecular weight excluding hydrogens is 226 g/mol. The Labute approximate surface area is 109 Å². The van der Waals surface area contributed by atoms with E-state index in [2.05, 4.69) is 29.2 Å². The Morgan fingerprint density at radius 1 is 1.28 bits per heavy atom. The molecule has 0 spiro atoms. The van der Waals surface area contributed by atoms with Crippen molar-refractivity contribution in [2.24, 2.45) is 5.41 Å². The van der Waals surface area contributed by atoms with E-state index in [0.717, 1.165) is 32.5 Å². The second-order valence-electron chi connectivity index (χ2n) is 5.31. The number of hydrogen-bond donors (Lipinski definition) is 0. The molecule has 0 atom stereocenters. The maximum atomic E-state index is 11.7. The van der Waals surface area contributed by atoms with E-state index >= 15 is 0 Å². The van der Waals surface area contributed by atoms with Gasteiger partial charge in [-0.15, -0.1) is 0 Å². The second kappa shape index (κ2) is 5.53. The minimum absolute atomic E-state index is 0.0677. The van der Waals surface area contributed by atoms with Crippen molar-refractivity contribution in [2.75, 3.05) is 20.2 Å². The highest BCUT2D eigenvalue weighted by Gasteiger charge is 2.37. The average Bonchev–Trinajstić information content (AvgIpc) is 2.42. The number of rotatable bonds is 3. The van der Waals surface area contributed by atoms with Crippen LogP contribution in [0.4, 0.5) is 0 Å². The van der Waals surface area contributed by atoms with Gasteiger partial charge in [0.25, 0.3) is 0 Å². The molecule has 1 aliphatic heterocycles. The zero-order chi connectivity index (χ0) is 13.0. The number of carbonyl (C=O) groups excluding carboxylic acids is 1. The number of ether oxygens (including phenoxy) is 1. The standard InChI is InChI=1S/C15H21NO2/c1-15(14(17)18-2)8-10-16(11-9-15)12-13-6-4-3-5-7-13/h3-7H,8-12H2,1-2H3. The first-order valence-electron chi connectivity index (χ1n) is 6.49. The zero-order valence-electron chi connectivity index (χ0n) is 11.2. The quantitative estimate of drug-likeness (QED) is 0.768. The fraction of sp³-hybridized carbons (Fsp3) is 0.533. The van der Waals surface area contributed by atoms with Gasteiger partial charge in [0, 0.05) is 6.54 Å². The van der Waals surface area contributed by atoms with E-state index in [1.54, 1.807) is 0 Å². The highest BCUT2D eigenvalue weighted by atomic mass is 16.5. The summed E-state index contributed by atoms with van der Waals surface area (Å²) in [5.41, 5.74) is 1.04. The van der Waals surface area contributed by atoms with Crippen LogP contribution >= 0.6 is 0 Å². The molecular formula is C15H21NO2. The van der Waals surface area contributed by atoms with Crippen molar-refractivity contribution in [3.05, 3.63) is 35.9 Å². The fourth-order valence-electron chi connectivity index (χ4n) is 2.50. The lowest BCUT2D eigenvalue weighted by molar-refractivity contribution is -0.154. The molecule has 0 N–H and O–H groups in total. The van der Waals surface area contributed by atoms with Crippen molar-refractivity contribution >= 4 is 5.97 Å². The van der Waals surface area contributed by atoms with Gasteiger partial charge < -0.3 is 4.74 Å². The molecule has 1 aromatic rings. The third-order valence-electron chi connectivity index (χ3n) is 3.89. The molecule has 1 aromatic carbocycles. The molecule has 18 heavy (non-hydrogen) atoms. The van der Waals surface area contributed by atoms with E-state index in [-0.39, 0.29) is 11.4 Å². The second-order valence-corrected chi connectivity index (χ2v) is 5.31. The smallest absolute Gasteiger partial charge is 0.311 e. The predicted octanol–water partition coefficient (Wildman–Crippen LogP) is 2.46. The maximum Gasteiger partial charge on any atom is 0.311 e. The number of esters is 1. The minimum Gasteiger partial charge on any atom is -0.469 e. The highest BCUT2D eigenvalue weighted by Crippen LogP contribution is 2.32. The molecule has 0 amide bonds. The molecule has 0 aliphatic carbocycles. The Balaban J connectivity index is 1.89. The van der Waals surface area contributed by atoms with Gasteiger partial charge in [-0.2, -0.15) is 0 Å². The van der Waals surface area contributed by atoms with Crippen molar-refractivity contribution in [2.45, 2.75) is 26.3 Å². The van der Waals surface area contributed by atoms with E-state index in [0.29, 0.717) is 0 Å². The van der Waals surface area contributed by atoms with E-state index in [4.69, 9.17) is 4.74 Å². The Morgan fingerprint density at radius 2 is 1.89 bits per heavy atom. The van der Waals surface area contributed by atoms with Gasteiger partial charge in [-0.3, -0.25) is 9.69 Å². The summed E-state index contributed by atoms with van der Waals surface area (Å²) in [5, 5.41) is 0. The van der Waals surface area contributed by atoms with Crippen LogP contribution in [0.25, 0.3) is 0 Å². The summed E-state index contributed by atoms with van der Waals surface area (Å²) in [4.78, 5) is 14.1. The molecule has 0 unspecified atom stereocenters. The number of hydrogen-bond acceptors (Lipinski definition) is 3. The van der Waals surface area contributed by atoms with Crippen LogP contribution in [0, 0.1) is 5.41 Å². The van der Waals surface area contributed by atoms with Crippen molar-refractivity contribution in [3.8, 4) is 0 Å². The van der Waals surface area contributed by atoms with Crippen LogP contribution in [0.15, 0.2) is 30.3 Å². The summed E-state index contributed by atoms with van der Waals surface area (Å²) in [5.74, 6) is -0.0677. The molecule has 1 heterocycles. The third-order valence-corrected chi connectivity index (χ3v) is 3.89. The number of piperidine rings is 1. The number of benzene rings is 1. The summed E-state index contributed by atoms with van der Waals surface area (Å²) in [6, 6.07) is 10.5. The van der Waals surface area contributed by atoms with E-state index in [9.17, 15) is 4.79 Å². The van der Waals surface area contributed by atoms with Crippen LogP contribution in [0.2, 0.25) is 0 Å². The highest BCUT2D eigenvalue weighted by molar-refractivity contribution is 5.76. The molecule has 0 bridgehead atoms. The molecule has 0 aromatic heterocycles. The first kappa shape index (κ1) is 13.1. The topological polar surface area (TPSA) is 29.5 Å². The molecule has 3 heteroatoms. The van der Waals surface area contributed by atoms with Crippen molar-refractivity contribution < 1.29 is 9.53 Å². The Bertz CT molecular complexity index is 394. The van der Waals surface area contributed by atoms with Crippen molar-refractivity contribution in [3.63, 3.8) is 0 Å². The summed E-state index contributed by atoms with van der Waals surface area (Å²) >= 11 is 0. The van der Waals surface area contributed by atoms with E-state index < -0.39 is 0 Å². The van der Waals surface area contributed by atoms with Gasteiger partial charge in [-0.05, 0) is 38.4 Å². The van der Waals surface area contributed by atoms with Crippen LogP contribution in [0.3, 0.4) is 0 Å². The maximum absolute atomic E-state index is 11.7. The SMILES string of the molecule is COC(=O)C1(C)CCN(Cc2ccccc2)CC1. The van der Waals surface area contributed by atoms with Crippen LogP contribution in [0.5, 0.6) is 0 Å². The number of likely N-dealkylation sites (tertiary alicyclic amines) is 1. The van der Waals surface area contributed by atoms with Crippen LogP contribution < -0.4 is 0 Å². The summed E-state index contributed by atoms with van der Waals surface area (Å²) in [6.07, 6.45) is 1.76. The largest absolute Gasteiger partial charge is 0.469 e. The van der Waals surface area contributed by atoms with Gasteiger partial charge in [-0.1, -0.05) is 30.3 Å². The van der Waals surface area contributed by atoms with E-state index in [1.165, 1.54) is 12.7 Å². The molecule has 98 valence electrons. The molecule has 1 fully saturated rings. The fourth-order valence-corrected chi connectivity index (χ4v) is 2.50. The Kier molecular flexibility index (Phi) is 4.02. The predicted molar refractivity (Wildman–Crippen MR) is 71.1 cm³/mol. The van der Waals surface area contributed by atoms with Gasteiger partial charge in [0.2, 0.25) is 0 Å². The lowest BCUT2D eigenvalue weighted by atomic mass is 9.80. The molecule has 2 rings (SSSR count). The first-order chi connectivity index (χ1) is 8.64. The van der Waals surface area contributed by atoms with Gasteiger partial charge in [0.1, 0.15) is 0 Å². The summed E-state index contributed by atoms with van der Waals surface area (Å²) in [6.45, 7) is 4.90. The van der Waals surface area contributed by atoms with Gasteiger partial charge >= 0.3 is 5.97 Å². The zero-order valence-corrected chi connectivity index (χ0v) is 11.2. The van der Waals surface area contributed by atoms with E-state index in [1.807, 2.05) is 13.0 Å². The number of methoxy groups -OCH3 is 1. The van der Waals surface area contributed by atoms with Crippen molar-refractivity contribution in [1.29, 1.82) is 0 Å². The lowest BCUT2D eigenvalue weighted by Crippen LogP contribution is -2.42. The van der Waals surface area contributed by atoms with Gasteiger partial charge in [0.05, 0.1) is 12.5 Å². The van der Waals surface area contributed by atoms with Crippen molar-refractivity contribution in [1.82, 2.24) is 4.90 Å². The average molecular weight is 247 g/mol. The first-order valence-corrected chi connectivity index (χ1v) is 6.49. The summed E-state index contributed by atoms with van der Waals surface area (Å²) < 4.78 is 4.89. The number of nitrogens with zero attached hydrogens (tertiary/aromatic N) is 1. The molecule has 1 aliphatic rings. The summed E-state index contributed by atoms with van der Waals surface area (Å²) in [7, 11) is 1.48.